The number of nitrogens with zero attached hydrogens (tertiary/aromatic N) is 7. The van der Waals surface area contributed by atoms with Crippen LogP contribution in [0.15, 0.2) is 34.5 Å². The van der Waals surface area contributed by atoms with Crippen molar-refractivity contribution in [3.8, 4) is 11.4 Å². The molecule has 1 aliphatic rings. The summed E-state index contributed by atoms with van der Waals surface area (Å²) in [4.78, 5) is 39.6. The van der Waals surface area contributed by atoms with Gasteiger partial charge in [-0.05, 0) is 57.2 Å². The molecule has 4 heterocycles. The third-order valence-electron chi connectivity index (χ3n) is 6.41. The molecule has 0 spiro atoms. The summed E-state index contributed by atoms with van der Waals surface area (Å²) in [5.74, 6) is 0.145. The summed E-state index contributed by atoms with van der Waals surface area (Å²) in [5.41, 5.74) is 1.89. The van der Waals surface area contributed by atoms with Gasteiger partial charge in [-0.15, -0.1) is 0 Å². The zero-order valence-corrected chi connectivity index (χ0v) is 21.6. The number of aryl methyl sites for hydroxylation is 2. The molecule has 4 aromatic rings. The van der Waals surface area contributed by atoms with Crippen LogP contribution >= 0.6 is 11.9 Å². The summed E-state index contributed by atoms with van der Waals surface area (Å²) in [6.07, 6.45) is 0.207. The smallest absolute Gasteiger partial charge is 0.361 e. The molecule has 0 saturated heterocycles. The Morgan fingerprint density at radius 2 is 1.89 bits per heavy atom. The van der Waals surface area contributed by atoms with E-state index >= 15 is 0 Å². The SMILES string of the molecule is Cc1ncnc(C2CC2)c1-c1nc(C)c2nc(NCc3ccc(SN)nc3)c(=O)n(C(C)C(F)(F)F)c2n1. The van der Waals surface area contributed by atoms with Gasteiger partial charge in [-0.2, -0.15) is 13.2 Å². The van der Waals surface area contributed by atoms with Gasteiger partial charge in [-0.25, -0.2) is 29.9 Å². The van der Waals surface area contributed by atoms with E-state index in [9.17, 15) is 18.0 Å². The van der Waals surface area contributed by atoms with E-state index in [2.05, 4.69) is 35.2 Å². The molecule has 38 heavy (non-hydrogen) atoms. The summed E-state index contributed by atoms with van der Waals surface area (Å²) in [7, 11) is 0. The molecule has 10 nitrogen and oxygen atoms in total. The molecule has 1 atom stereocenters. The molecule has 4 aromatic heterocycles. The summed E-state index contributed by atoms with van der Waals surface area (Å²) < 4.78 is 42.6. The largest absolute Gasteiger partial charge is 0.409 e. The fourth-order valence-corrected chi connectivity index (χ4v) is 4.42. The van der Waals surface area contributed by atoms with E-state index in [-0.39, 0.29) is 35.3 Å². The fourth-order valence-electron chi connectivity index (χ4n) is 4.16. The summed E-state index contributed by atoms with van der Waals surface area (Å²) >= 11 is 0.985. The zero-order chi connectivity index (χ0) is 27.2. The highest BCUT2D eigenvalue weighted by Crippen LogP contribution is 2.43. The monoisotopic (exact) mass is 543 g/mol. The van der Waals surface area contributed by atoms with E-state index in [1.807, 2.05) is 0 Å². The number of hydrogen-bond acceptors (Lipinski definition) is 10. The number of rotatable bonds is 7. The topological polar surface area (TPSA) is 137 Å². The number of halogens is 3. The van der Waals surface area contributed by atoms with Gasteiger partial charge in [0.25, 0.3) is 5.56 Å². The molecule has 1 unspecified atom stereocenters. The van der Waals surface area contributed by atoms with Gasteiger partial charge in [0.2, 0.25) is 0 Å². The molecule has 0 amide bonds. The maximum absolute atomic E-state index is 14.0. The standard InChI is InChI=1S/C24H24F3N9OS/c1-11-17(19(15-5-6-15)32-10-31-11)20-33-12(2)18-22(35-20)36(13(3)24(25,26)27)23(37)21(34-18)30-9-14-4-7-16(38-28)29-8-14/h4,7-8,10,13,15H,5-6,9,28H2,1-3H3,(H,30,34). The Balaban J connectivity index is 1.66. The molecule has 1 saturated carbocycles. The maximum atomic E-state index is 14.0. The molecular formula is C24H24F3N9OS. The van der Waals surface area contributed by atoms with Gasteiger partial charge in [-0.1, -0.05) is 6.07 Å². The van der Waals surface area contributed by atoms with E-state index in [1.165, 1.54) is 6.33 Å². The van der Waals surface area contributed by atoms with Crippen LogP contribution in [0.25, 0.3) is 22.6 Å². The van der Waals surface area contributed by atoms with E-state index in [4.69, 9.17) is 5.14 Å². The molecule has 1 aliphatic carbocycles. The molecule has 14 heteroatoms. The minimum absolute atomic E-state index is 0.0856. The summed E-state index contributed by atoms with van der Waals surface area (Å²) in [5, 5.41) is 8.95. The minimum atomic E-state index is -4.71. The van der Waals surface area contributed by atoms with Crippen molar-refractivity contribution < 1.29 is 13.2 Å². The van der Waals surface area contributed by atoms with Crippen LogP contribution in [0, 0.1) is 13.8 Å². The van der Waals surface area contributed by atoms with Crippen LogP contribution in [0.2, 0.25) is 0 Å². The Morgan fingerprint density at radius 3 is 2.53 bits per heavy atom. The Bertz CT molecular complexity index is 1570. The first kappa shape index (κ1) is 26.0. The summed E-state index contributed by atoms with van der Waals surface area (Å²) in [6.45, 7) is 4.43. The Kier molecular flexibility index (Phi) is 6.77. The average molecular weight is 544 g/mol. The van der Waals surface area contributed by atoms with Crippen molar-refractivity contribution >= 4 is 28.9 Å². The molecule has 3 N–H and O–H groups in total. The number of anilines is 1. The van der Waals surface area contributed by atoms with Crippen LogP contribution in [-0.2, 0) is 6.54 Å². The lowest BCUT2D eigenvalue weighted by Crippen LogP contribution is -2.35. The van der Waals surface area contributed by atoms with Gasteiger partial charge in [0, 0.05) is 18.7 Å². The van der Waals surface area contributed by atoms with E-state index in [0.29, 0.717) is 32.1 Å². The lowest BCUT2D eigenvalue weighted by Gasteiger charge is -2.22. The third-order valence-corrected chi connectivity index (χ3v) is 6.89. The van der Waals surface area contributed by atoms with E-state index in [0.717, 1.165) is 37.4 Å². The first-order valence-corrected chi connectivity index (χ1v) is 12.7. The van der Waals surface area contributed by atoms with Crippen molar-refractivity contribution in [3.63, 3.8) is 0 Å². The average Bonchev–Trinajstić information content (AvgIpc) is 3.72. The van der Waals surface area contributed by atoms with Gasteiger partial charge in [0.05, 0.1) is 22.6 Å². The molecule has 5 rings (SSSR count). The number of alkyl halides is 3. The van der Waals surface area contributed by atoms with Gasteiger partial charge < -0.3 is 5.32 Å². The van der Waals surface area contributed by atoms with Crippen molar-refractivity contribution in [1.82, 2.24) is 34.5 Å². The molecule has 0 bridgehead atoms. The fraction of sp³-hybridized carbons (Fsp3) is 0.375. The van der Waals surface area contributed by atoms with Crippen LogP contribution in [0.5, 0.6) is 0 Å². The zero-order valence-electron chi connectivity index (χ0n) is 20.7. The minimum Gasteiger partial charge on any atom is -0.361 e. The second-order valence-electron chi connectivity index (χ2n) is 9.13. The van der Waals surface area contributed by atoms with Gasteiger partial charge in [-0.3, -0.25) is 14.5 Å². The van der Waals surface area contributed by atoms with Crippen LogP contribution in [0.4, 0.5) is 19.0 Å². The molecule has 0 aliphatic heterocycles. The Labute approximate surface area is 219 Å². The first-order chi connectivity index (χ1) is 18.1. The van der Waals surface area contributed by atoms with Gasteiger partial charge in [0.15, 0.2) is 17.3 Å². The number of pyridine rings is 1. The highest BCUT2D eigenvalue weighted by Gasteiger charge is 2.40. The number of hydrogen-bond donors (Lipinski definition) is 2. The van der Waals surface area contributed by atoms with Gasteiger partial charge in [0.1, 0.15) is 22.9 Å². The van der Waals surface area contributed by atoms with Crippen LogP contribution < -0.4 is 16.0 Å². The first-order valence-electron chi connectivity index (χ1n) is 11.8. The van der Waals surface area contributed by atoms with Crippen molar-refractivity contribution in [1.29, 1.82) is 0 Å². The predicted molar refractivity (Wildman–Crippen MR) is 136 cm³/mol. The second-order valence-corrected chi connectivity index (χ2v) is 9.78. The van der Waals surface area contributed by atoms with Crippen LogP contribution in [0.1, 0.15) is 54.4 Å². The van der Waals surface area contributed by atoms with Crippen molar-refractivity contribution in [2.75, 3.05) is 5.32 Å². The summed E-state index contributed by atoms with van der Waals surface area (Å²) in [6, 6.07) is 1.28. The molecule has 0 radical (unpaired) electrons. The number of fused-ring (bicyclic) bond motifs is 1. The normalized spacial score (nSPS) is 14.6. The molecule has 0 aromatic carbocycles. The Morgan fingerprint density at radius 1 is 1.13 bits per heavy atom. The quantitative estimate of drug-likeness (QED) is 0.326. The van der Waals surface area contributed by atoms with E-state index in [1.54, 1.807) is 32.2 Å². The third kappa shape index (κ3) is 4.92. The molecule has 1 fully saturated rings. The lowest BCUT2D eigenvalue weighted by molar-refractivity contribution is -0.162. The lowest BCUT2D eigenvalue weighted by atomic mass is 10.1. The van der Waals surface area contributed by atoms with Crippen molar-refractivity contribution in [2.24, 2.45) is 5.14 Å². The predicted octanol–water partition coefficient (Wildman–Crippen LogP) is 4.23. The van der Waals surface area contributed by atoms with E-state index < -0.39 is 17.8 Å². The van der Waals surface area contributed by atoms with Crippen molar-refractivity contribution in [2.45, 2.75) is 63.3 Å². The highest BCUT2D eigenvalue weighted by molar-refractivity contribution is 7.97. The molecular weight excluding hydrogens is 519 g/mol. The Hall–Kier alpha value is -3.65. The number of nitrogens with two attached hydrogens (primary N) is 1. The van der Waals surface area contributed by atoms with Gasteiger partial charge >= 0.3 is 6.18 Å². The second kappa shape index (κ2) is 9.91. The van der Waals surface area contributed by atoms with Crippen LogP contribution in [0.3, 0.4) is 0 Å². The highest BCUT2D eigenvalue weighted by atomic mass is 32.2. The van der Waals surface area contributed by atoms with Crippen molar-refractivity contribution in [3.05, 3.63) is 57.7 Å². The number of aromatic nitrogens is 7. The maximum Gasteiger partial charge on any atom is 0.409 e. The van der Waals surface area contributed by atoms with Crippen LogP contribution in [-0.4, -0.2) is 40.6 Å². The number of nitrogens with one attached hydrogen (secondary N) is 1. The molecule has 198 valence electrons.